The topological polar surface area (TPSA) is 79.2 Å². The molecule has 1 fully saturated rings. The molecule has 0 unspecified atom stereocenters. The van der Waals surface area contributed by atoms with Gasteiger partial charge in [-0.1, -0.05) is 95.6 Å². The van der Waals surface area contributed by atoms with Crippen LogP contribution in [0, 0.1) is 0 Å². The quantitative estimate of drug-likeness (QED) is 0.166. The van der Waals surface area contributed by atoms with Gasteiger partial charge in [0.1, 0.15) is 24.4 Å². The Hall–Kier alpha value is -0.460. The zero-order chi connectivity index (χ0) is 22.6. The van der Waals surface area contributed by atoms with Crippen molar-refractivity contribution < 1.29 is 24.8 Å². The van der Waals surface area contributed by atoms with Gasteiger partial charge in [-0.2, -0.15) is 0 Å². The largest absolute Gasteiger partial charge is 0.388 e. The first-order chi connectivity index (χ1) is 15.2. The van der Waals surface area contributed by atoms with Crippen LogP contribution in [0.1, 0.15) is 110 Å². The summed E-state index contributed by atoms with van der Waals surface area (Å²) >= 11 is 0. The second kappa shape index (κ2) is 20.2. The molecule has 1 rings (SSSR count). The Balaban J connectivity index is 1.73. The number of hydrogen-bond acceptors (Lipinski definition) is 5. The second-order valence-electron chi connectivity index (χ2n) is 9.16. The molecule has 0 aliphatic carbocycles. The predicted molar refractivity (Wildman–Crippen MR) is 127 cm³/mol. The normalized spacial score (nSPS) is 22.5. The van der Waals surface area contributed by atoms with Crippen LogP contribution < -0.4 is 0 Å². The van der Waals surface area contributed by atoms with Crippen molar-refractivity contribution in [3.63, 3.8) is 0 Å². The van der Waals surface area contributed by atoms with Gasteiger partial charge in [0.25, 0.3) is 0 Å². The predicted octanol–water partition coefficient (Wildman–Crippen LogP) is 5.30. The average molecular weight is 443 g/mol. The molecule has 1 saturated heterocycles. The second-order valence-corrected chi connectivity index (χ2v) is 9.16. The Morgan fingerprint density at radius 1 is 0.806 bits per heavy atom. The highest BCUT2D eigenvalue weighted by Crippen LogP contribution is 2.18. The molecule has 184 valence electrons. The minimum absolute atomic E-state index is 0.0699. The Morgan fingerprint density at radius 2 is 1.29 bits per heavy atom. The van der Waals surface area contributed by atoms with Gasteiger partial charge in [0, 0.05) is 6.61 Å². The maximum absolute atomic E-state index is 9.97. The average Bonchev–Trinajstić information content (AvgIpc) is 3.10. The van der Waals surface area contributed by atoms with Crippen molar-refractivity contribution in [2.24, 2.45) is 0 Å². The highest BCUT2D eigenvalue weighted by molar-refractivity contribution is 4.87. The van der Waals surface area contributed by atoms with E-state index in [1.807, 2.05) is 0 Å². The van der Waals surface area contributed by atoms with E-state index >= 15 is 0 Å². The molecule has 5 nitrogen and oxygen atoms in total. The van der Waals surface area contributed by atoms with Gasteiger partial charge in [0.2, 0.25) is 0 Å². The van der Waals surface area contributed by atoms with Crippen molar-refractivity contribution in [3.05, 3.63) is 12.2 Å². The number of hydrogen-bond donors (Lipinski definition) is 3. The van der Waals surface area contributed by atoms with Crippen molar-refractivity contribution in [2.75, 3.05) is 19.8 Å². The fourth-order valence-corrected chi connectivity index (χ4v) is 4.19. The zero-order valence-corrected chi connectivity index (χ0v) is 20.1. The maximum Gasteiger partial charge on any atom is 0.114 e. The number of aliphatic hydroxyl groups is 3. The van der Waals surface area contributed by atoms with Gasteiger partial charge in [0.15, 0.2) is 0 Å². The summed E-state index contributed by atoms with van der Waals surface area (Å²) in [6.07, 6.45) is 22.1. The highest BCUT2D eigenvalue weighted by atomic mass is 16.5. The van der Waals surface area contributed by atoms with Crippen LogP contribution in [-0.2, 0) is 9.47 Å². The summed E-state index contributed by atoms with van der Waals surface area (Å²) in [4.78, 5) is 0. The van der Waals surface area contributed by atoms with Gasteiger partial charge in [-0.25, -0.2) is 0 Å². The molecule has 0 aromatic carbocycles. The van der Waals surface area contributed by atoms with Crippen LogP contribution in [0.25, 0.3) is 0 Å². The molecule has 0 saturated carbocycles. The molecule has 0 aromatic heterocycles. The van der Waals surface area contributed by atoms with Crippen LogP contribution in [0.2, 0.25) is 0 Å². The first-order valence-corrected chi connectivity index (χ1v) is 13.0. The summed E-state index contributed by atoms with van der Waals surface area (Å²) in [5, 5.41) is 29.1. The molecule has 1 aliphatic rings. The Morgan fingerprint density at radius 3 is 1.74 bits per heavy atom. The molecule has 0 amide bonds. The summed E-state index contributed by atoms with van der Waals surface area (Å²) in [5.74, 6) is 0. The number of unbranched alkanes of at least 4 members (excludes halogenated alkanes) is 15. The summed E-state index contributed by atoms with van der Waals surface area (Å²) in [5.41, 5.74) is 0. The molecule has 1 heterocycles. The van der Waals surface area contributed by atoms with Crippen LogP contribution >= 0.6 is 0 Å². The van der Waals surface area contributed by atoms with Crippen LogP contribution in [0.15, 0.2) is 12.2 Å². The standard InChI is InChI=1S/C26H50O5/c1-2-3-4-5-6-7-8-9-10-11-12-13-14-15-16-17-18-19-20-30-21-24(28)26-25(29)23(27)22-31-26/h2-3,23-29H,4-22H2,1H3/b3-2+/t23-,24+,25+,26+/m1/s1. The van der Waals surface area contributed by atoms with Crippen molar-refractivity contribution in [2.45, 2.75) is 134 Å². The number of ether oxygens (including phenoxy) is 2. The summed E-state index contributed by atoms with van der Waals surface area (Å²) in [7, 11) is 0. The molecule has 0 aromatic rings. The molecule has 5 heteroatoms. The zero-order valence-electron chi connectivity index (χ0n) is 20.1. The lowest BCUT2D eigenvalue weighted by molar-refractivity contribution is -0.0813. The molecule has 31 heavy (non-hydrogen) atoms. The van der Waals surface area contributed by atoms with Crippen LogP contribution in [0.3, 0.4) is 0 Å². The van der Waals surface area contributed by atoms with E-state index in [-0.39, 0.29) is 13.2 Å². The molecule has 3 N–H and O–H groups in total. The molecule has 1 aliphatic heterocycles. The smallest absolute Gasteiger partial charge is 0.114 e. The molecule has 4 atom stereocenters. The minimum Gasteiger partial charge on any atom is -0.388 e. The molecule has 0 radical (unpaired) electrons. The van der Waals surface area contributed by atoms with E-state index in [4.69, 9.17) is 9.47 Å². The van der Waals surface area contributed by atoms with E-state index in [0.29, 0.717) is 6.61 Å². The van der Waals surface area contributed by atoms with E-state index < -0.39 is 24.4 Å². The van der Waals surface area contributed by atoms with Crippen LogP contribution in [0.4, 0.5) is 0 Å². The first kappa shape index (κ1) is 28.6. The van der Waals surface area contributed by atoms with Crippen molar-refractivity contribution in [1.82, 2.24) is 0 Å². The fourth-order valence-electron chi connectivity index (χ4n) is 4.19. The Labute approximate surface area is 191 Å². The van der Waals surface area contributed by atoms with Gasteiger partial charge in [-0.3, -0.25) is 0 Å². The lowest BCUT2D eigenvalue weighted by Crippen LogP contribution is -2.40. The Bertz CT molecular complexity index is 415. The van der Waals surface area contributed by atoms with Gasteiger partial charge in [-0.05, 0) is 26.2 Å². The van der Waals surface area contributed by atoms with Crippen molar-refractivity contribution in [1.29, 1.82) is 0 Å². The van der Waals surface area contributed by atoms with Gasteiger partial charge in [-0.15, -0.1) is 0 Å². The van der Waals surface area contributed by atoms with E-state index in [0.717, 1.165) is 12.8 Å². The third-order valence-corrected chi connectivity index (χ3v) is 6.25. The summed E-state index contributed by atoms with van der Waals surface area (Å²) in [6.45, 7) is 2.94. The maximum atomic E-state index is 9.97. The molecule has 0 spiro atoms. The van der Waals surface area contributed by atoms with Gasteiger partial charge >= 0.3 is 0 Å². The van der Waals surface area contributed by atoms with Gasteiger partial charge in [0.05, 0.1) is 13.2 Å². The van der Waals surface area contributed by atoms with Gasteiger partial charge < -0.3 is 24.8 Å². The van der Waals surface area contributed by atoms with E-state index in [1.54, 1.807) is 0 Å². The molecular weight excluding hydrogens is 392 g/mol. The van der Waals surface area contributed by atoms with E-state index in [1.165, 1.54) is 89.9 Å². The SMILES string of the molecule is C/C=C/CCCCCCCCCCCCCCCCCOC[C@H](O)[C@@H]1OC[C@@H](O)[C@@H]1O. The number of rotatable bonds is 21. The molecular formula is C26H50O5. The van der Waals surface area contributed by atoms with Crippen LogP contribution in [-0.4, -0.2) is 59.6 Å². The minimum atomic E-state index is -1.03. The lowest BCUT2D eigenvalue weighted by atomic mass is 10.0. The highest BCUT2D eigenvalue weighted by Gasteiger charge is 2.39. The third-order valence-electron chi connectivity index (χ3n) is 6.25. The number of allylic oxidation sites excluding steroid dienone is 2. The Kier molecular flexibility index (Phi) is 18.6. The lowest BCUT2D eigenvalue weighted by Gasteiger charge is -2.20. The summed E-state index contributed by atoms with van der Waals surface area (Å²) < 4.78 is 10.7. The first-order valence-electron chi connectivity index (χ1n) is 13.0. The monoisotopic (exact) mass is 442 g/mol. The van der Waals surface area contributed by atoms with E-state index in [9.17, 15) is 15.3 Å². The number of aliphatic hydroxyl groups excluding tert-OH is 3. The fraction of sp³-hybridized carbons (Fsp3) is 0.923. The van der Waals surface area contributed by atoms with Crippen molar-refractivity contribution in [3.8, 4) is 0 Å². The summed E-state index contributed by atoms with van der Waals surface area (Å²) in [6, 6.07) is 0. The van der Waals surface area contributed by atoms with Crippen molar-refractivity contribution >= 4 is 0 Å². The molecule has 0 bridgehead atoms. The third kappa shape index (κ3) is 15.1. The van der Waals surface area contributed by atoms with E-state index in [2.05, 4.69) is 19.1 Å². The van der Waals surface area contributed by atoms with Crippen LogP contribution in [0.5, 0.6) is 0 Å².